The number of amides is 1. The van der Waals surface area contributed by atoms with Gasteiger partial charge in [0.25, 0.3) is 0 Å². The summed E-state index contributed by atoms with van der Waals surface area (Å²) in [5.74, 6) is 1.28. The second-order valence-electron chi connectivity index (χ2n) is 7.05. The van der Waals surface area contributed by atoms with Crippen molar-refractivity contribution in [2.75, 3.05) is 25.0 Å². The molecule has 0 radical (unpaired) electrons. The van der Waals surface area contributed by atoms with E-state index in [2.05, 4.69) is 21.4 Å². The molecule has 3 aromatic rings. The van der Waals surface area contributed by atoms with Crippen molar-refractivity contribution in [1.29, 1.82) is 0 Å². The van der Waals surface area contributed by atoms with Crippen molar-refractivity contribution in [3.63, 3.8) is 0 Å². The number of aryl methyl sites for hydroxylation is 1. The van der Waals surface area contributed by atoms with Crippen LogP contribution in [0.15, 0.2) is 36.7 Å². The number of aromatic nitrogens is 3. The zero-order chi connectivity index (χ0) is 19.0. The van der Waals surface area contributed by atoms with Gasteiger partial charge in [-0.15, -0.1) is 0 Å². The summed E-state index contributed by atoms with van der Waals surface area (Å²) in [6, 6.07) is 7.98. The van der Waals surface area contributed by atoms with Crippen molar-refractivity contribution < 1.29 is 9.18 Å². The van der Waals surface area contributed by atoms with Crippen molar-refractivity contribution >= 4 is 22.5 Å². The van der Waals surface area contributed by atoms with E-state index in [1.165, 1.54) is 0 Å². The topological polar surface area (TPSA) is 63.1 Å². The third-order valence-corrected chi connectivity index (χ3v) is 5.09. The molecular formula is C20H22FN5O. The summed E-state index contributed by atoms with van der Waals surface area (Å²) in [6.07, 6.45) is 3.27. The quantitative estimate of drug-likeness (QED) is 0.770. The second-order valence-corrected chi connectivity index (χ2v) is 7.05. The van der Waals surface area contributed by atoms with Crippen LogP contribution < -0.4 is 5.32 Å². The summed E-state index contributed by atoms with van der Waals surface area (Å²) in [7, 11) is 1.99. The largest absolute Gasteiger partial charge is 0.331 e. The van der Waals surface area contributed by atoms with Gasteiger partial charge in [-0.3, -0.25) is 9.69 Å². The lowest BCUT2D eigenvalue weighted by atomic mass is 10.1. The molecule has 140 valence electrons. The van der Waals surface area contributed by atoms with Crippen molar-refractivity contribution in [2.24, 2.45) is 7.05 Å². The number of pyridine rings is 1. The number of anilines is 1. The number of nitrogens with zero attached hydrogens (tertiary/aromatic N) is 4. The molecule has 1 aromatic carbocycles. The number of likely N-dealkylation sites (tertiary alicyclic amines) is 1. The van der Waals surface area contributed by atoms with E-state index in [1.54, 1.807) is 6.20 Å². The van der Waals surface area contributed by atoms with E-state index in [1.807, 2.05) is 47.8 Å². The van der Waals surface area contributed by atoms with E-state index >= 15 is 0 Å². The van der Waals surface area contributed by atoms with E-state index in [0.29, 0.717) is 25.3 Å². The Morgan fingerprint density at radius 1 is 1.26 bits per heavy atom. The lowest BCUT2D eigenvalue weighted by Crippen LogP contribution is -2.32. The molecule has 0 unspecified atom stereocenters. The van der Waals surface area contributed by atoms with Crippen LogP contribution in [0.4, 0.5) is 10.2 Å². The monoisotopic (exact) mass is 367 g/mol. The molecule has 2 aromatic heterocycles. The molecule has 3 heterocycles. The Balaban J connectivity index is 1.54. The number of carbonyl (C=O) groups excluding carboxylic acids is 1. The van der Waals surface area contributed by atoms with Crippen LogP contribution in [0.5, 0.6) is 0 Å². The predicted octanol–water partition coefficient (Wildman–Crippen LogP) is 2.93. The zero-order valence-electron chi connectivity index (χ0n) is 15.4. The van der Waals surface area contributed by atoms with Gasteiger partial charge in [-0.1, -0.05) is 12.1 Å². The molecule has 4 rings (SSSR count). The van der Waals surface area contributed by atoms with Crippen LogP contribution in [0.1, 0.15) is 12.2 Å². The van der Waals surface area contributed by atoms with Crippen LogP contribution in [-0.4, -0.2) is 51.1 Å². The minimum atomic E-state index is -0.828. The smallest absolute Gasteiger partial charge is 0.239 e. The molecule has 0 bridgehead atoms. The van der Waals surface area contributed by atoms with Crippen LogP contribution in [0.2, 0.25) is 0 Å². The van der Waals surface area contributed by atoms with Gasteiger partial charge in [-0.2, -0.15) is 0 Å². The molecule has 27 heavy (non-hydrogen) atoms. The lowest BCUT2D eigenvalue weighted by Gasteiger charge is -2.14. The summed E-state index contributed by atoms with van der Waals surface area (Å²) < 4.78 is 15.3. The number of hydrogen-bond acceptors (Lipinski definition) is 4. The number of carbonyl (C=O) groups is 1. The number of hydrogen-bond donors (Lipinski definition) is 1. The second kappa shape index (κ2) is 7.08. The van der Waals surface area contributed by atoms with Gasteiger partial charge >= 0.3 is 0 Å². The molecule has 0 saturated carbocycles. The highest BCUT2D eigenvalue weighted by Gasteiger charge is 2.23. The minimum Gasteiger partial charge on any atom is -0.331 e. The Bertz CT molecular complexity index is 999. The Morgan fingerprint density at radius 2 is 2.11 bits per heavy atom. The number of rotatable bonds is 4. The summed E-state index contributed by atoms with van der Waals surface area (Å²) in [4.78, 5) is 22.7. The number of fused-ring (bicyclic) bond motifs is 1. The van der Waals surface area contributed by atoms with Gasteiger partial charge in [0.15, 0.2) is 0 Å². The zero-order valence-corrected chi connectivity index (χ0v) is 15.4. The Hall–Kier alpha value is -2.80. The van der Waals surface area contributed by atoms with Gasteiger partial charge in [0.05, 0.1) is 18.4 Å². The molecule has 1 N–H and O–H groups in total. The van der Waals surface area contributed by atoms with Crippen LogP contribution in [-0.2, 0) is 11.8 Å². The van der Waals surface area contributed by atoms with E-state index in [0.717, 1.165) is 27.9 Å². The number of halogens is 1. The predicted molar refractivity (Wildman–Crippen MR) is 103 cm³/mol. The third kappa shape index (κ3) is 3.68. The first-order chi connectivity index (χ1) is 13.0. The van der Waals surface area contributed by atoms with Gasteiger partial charge in [-0.05, 0) is 30.9 Å². The average Bonchev–Trinajstić information content (AvgIpc) is 3.20. The maximum absolute atomic E-state index is 13.2. The maximum Gasteiger partial charge on any atom is 0.239 e. The highest BCUT2D eigenvalue weighted by Crippen LogP contribution is 2.25. The fourth-order valence-electron chi connectivity index (χ4n) is 3.45. The highest BCUT2D eigenvalue weighted by atomic mass is 19.1. The van der Waals surface area contributed by atoms with Crippen LogP contribution in [0, 0.1) is 6.92 Å². The van der Waals surface area contributed by atoms with Crippen molar-refractivity contribution in [1.82, 2.24) is 19.4 Å². The number of benzene rings is 1. The molecule has 7 heteroatoms. The first-order valence-electron chi connectivity index (χ1n) is 9.04. The molecule has 1 saturated heterocycles. The summed E-state index contributed by atoms with van der Waals surface area (Å²) in [6.45, 7) is 3.10. The molecule has 1 amide bonds. The van der Waals surface area contributed by atoms with Crippen molar-refractivity contribution in [3.8, 4) is 11.3 Å². The summed E-state index contributed by atoms with van der Waals surface area (Å²) in [5, 5.41) is 4.80. The standard InChI is InChI=1S/C20H22FN5O/c1-13-22-10-18(25(13)2)14-3-4-15-9-23-19(8-16(15)7-14)24-20(27)12-26-6-5-17(21)11-26/h3-4,7-10,17H,5-6,11-12H2,1-2H3,(H,23,24,27)/t17-/m0/s1. The lowest BCUT2D eigenvalue weighted by molar-refractivity contribution is -0.117. The Morgan fingerprint density at radius 3 is 2.81 bits per heavy atom. The Kier molecular flexibility index (Phi) is 4.61. The molecule has 1 atom stereocenters. The van der Waals surface area contributed by atoms with Crippen LogP contribution in [0.3, 0.4) is 0 Å². The van der Waals surface area contributed by atoms with E-state index in [-0.39, 0.29) is 12.5 Å². The van der Waals surface area contributed by atoms with Crippen LogP contribution >= 0.6 is 0 Å². The van der Waals surface area contributed by atoms with E-state index < -0.39 is 6.17 Å². The highest BCUT2D eigenvalue weighted by molar-refractivity contribution is 5.94. The minimum absolute atomic E-state index is 0.172. The number of imidazole rings is 1. The third-order valence-electron chi connectivity index (χ3n) is 5.09. The Labute approximate surface area is 157 Å². The molecule has 0 aliphatic carbocycles. The van der Waals surface area contributed by atoms with E-state index in [4.69, 9.17) is 0 Å². The van der Waals surface area contributed by atoms with Gasteiger partial charge in [-0.25, -0.2) is 14.4 Å². The van der Waals surface area contributed by atoms with Crippen LogP contribution in [0.25, 0.3) is 22.0 Å². The molecular weight excluding hydrogens is 345 g/mol. The fraction of sp³-hybridized carbons (Fsp3) is 0.350. The van der Waals surface area contributed by atoms with Crippen molar-refractivity contribution in [3.05, 3.63) is 42.5 Å². The molecule has 6 nitrogen and oxygen atoms in total. The number of alkyl halides is 1. The maximum atomic E-state index is 13.2. The van der Waals surface area contributed by atoms with Gasteiger partial charge in [0.1, 0.15) is 17.8 Å². The molecule has 1 aliphatic heterocycles. The van der Waals surface area contributed by atoms with Gasteiger partial charge < -0.3 is 9.88 Å². The SMILES string of the molecule is Cc1ncc(-c2ccc3cnc(NC(=O)CN4CC[C@H](F)C4)cc3c2)n1C. The molecule has 0 spiro atoms. The van der Waals surface area contributed by atoms with Gasteiger partial charge in [0, 0.05) is 37.3 Å². The van der Waals surface area contributed by atoms with Gasteiger partial charge in [0.2, 0.25) is 5.91 Å². The molecule has 1 aliphatic rings. The fourth-order valence-corrected chi connectivity index (χ4v) is 3.45. The normalized spacial score (nSPS) is 17.5. The first kappa shape index (κ1) is 17.6. The summed E-state index contributed by atoms with van der Waals surface area (Å²) in [5.41, 5.74) is 2.09. The average molecular weight is 367 g/mol. The van der Waals surface area contributed by atoms with Crippen molar-refractivity contribution in [2.45, 2.75) is 19.5 Å². The summed E-state index contributed by atoms with van der Waals surface area (Å²) >= 11 is 0. The van der Waals surface area contributed by atoms with E-state index in [9.17, 15) is 9.18 Å². The first-order valence-corrected chi connectivity index (χ1v) is 9.04. The number of nitrogens with one attached hydrogen (secondary N) is 1. The molecule has 1 fully saturated rings.